The molecule has 0 spiro atoms. The minimum atomic E-state index is -0.271. The zero-order valence-electron chi connectivity index (χ0n) is 15.7. The SMILES string of the molecule is CC(=O)NNC(=O)C[NH2+][C@@H](c1ccc(C2CCCCC2)cc1)C(C)C. The maximum absolute atomic E-state index is 11.8. The molecule has 2 amide bonds. The predicted octanol–water partition coefficient (Wildman–Crippen LogP) is 2.16. The minimum absolute atomic E-state index is 0.195. The third-order valence-corrected chi connectivity index (χ3v) is 5.05. The van der Waals surface area contributed by atoms with E-state index in [4.69, 9.17) is 0 Å². The van der Waals surface area contributed by atoms with Crippen LogP contribution in [0.3, 0.4) is 0 Å². The summed E-state index contributed by atoms with van der Waals surface area (Å²) < 4.78 is 0. The van der Waals surface area contributed by atoms with Gasteiger partial charge >= 0.3 is 0 Å². The molecule has 1 saturated carbocycles. The molecule has 5 heteroatoms. The summed E-state index contributed by atoms with van der Waals surface area (Å²) in [7, 11) is 0. The molecule has 138 valence electrons. The zero-order valence-corrected chi connectivity index (χ0v) is 15.7. The minimum Gasteiger partial charge on any atom is -0.332 e. The summed E-state index contributed by atoms with van der Waals surface area (Å²) in [5.74, 6) is 0.661. The van der Waals surface area contributed by atoms with Crippen LogP contribution in [-0.4, -0.2) is 18.4 Å². The lowest BCUT2D eigenvalue weighted by Crippen LogP contribution is -2.88. The van der Waals surface area contributed by atoms with Crippen molar-refractivity contribution in [3.05, 3.63) is 35.4 Å². The Balaban J connectivity index is 1.94. The summed E-state index contributed by atoms with van der Waals surface area (Å²) in [4.78, 5) is 22.7. The molecule has 1 fully saturated rings. The van der Waals surface area contributed by atoms with Crippen molar-refractivity contribution in [1.29, 1.82) is 0 Å². The van der Waals surface area contributed by atoms with Crippen molar-refractivity contribution in [2.75, 3.05) is 6.54 Å². The number of hydrazine groups is 1. The topological polar surface area (TPSA) is 74.8 Å². The van der Waals surface area contributed by atoms with Gasteiger partial charge in [-0.05, 0) is 24.3 Å². The number of benzene rings is 1. The number of carbonyl (C=O) groups is 2. The monoisotopic (exact) mass is 346 g/mol. The van der Waals surface area contributed by atoms with Crippen molar-refractivity contribution in [2.24, 2.45) is 5.92 Å². The first kappa shape index (κ1) is 19.4. The normalized spacial score (nSPS) is 16.5. The third-order valence-electron chi connectivity index (χ3n) is 5.05. The first-order valence-electron chi connectivity index (χ1n) is 9.46. The van der Waals surface area contributed by atoms with Gasteiger partial charge in [-0.15, -0.1) is 0 Å². The summed E-state index contributed by atoms with van der Waals surface area (Å²) in [6.07, 6.45) is 6.68. The number of amides is 2. The fourth-order valence-electron chi connectivity index (χ4n) is 3.66. The highest BCUT2D eigenvalue weighted by molar-refractivity contribution is 5.81. The summed E-state index contributed by atoms with van der Waals surface area (Å²) in [6.45, 7) is 5.99. The van der Waals surface area contributed by atoms with Crippen molar-refractivity contribution >= 4 is 11.8 Å². The highest BCUT2D eigenvalue weighted by atomic mass is 16.2. The van der Waals surface area contributed by atoms with Crippen molar-refractivity contribution in [3.63, 3.8) is 0 Å². The molecule has 0 aromatic heterocycles. The van der Waals surface area contributed by atoms with E-state index in [1.165, 1.54) is 50.2 Å². The Morgan fingerprint density at radius 2 is 1.72 bits per heavy atom. The molecule has 0 radical (unpaired) electrons. The molecule has 1 aromatic carbocycles. The van der Waals surface area contributed by atoms with E-state index >= 15 is 0 Å². The number of nitrogens with one attached hydrogen (secondary N) is 2. The molecule has 1 aliphatic rings. The average Bonchev–Trinajstić information content (AvgIpc) is 2.61. The molecule has 0 unspecified atom stereocenters. The first-order valence-corrected chi connectivity index (χ1v) is 9.46. The molecule has 1 aliphatic carbocycles. The van der Waals surface area contributed by atoms with E-state index in [1.54, 1.807) is 0 Å². The molecule has 0 bridgehead atoms. The summed E-state index contributed by atoms with van der Waals surface area (Å²) in [6, 6.07) is 9.20. The number of nitrogens with two attached hydrogens (primary N) is 1. The van der Waals surface area contributed by atoms with Crippen LogP contribution < -0.4 is 16.2 Å². The number of quaternary nitrogens is 1. The van der Waals surface area contributed by atoms with E-state index in [1.807, 2.05) is 5.32 Å². The van der Waals surface area contributed by atoms with Gasteiger partial charge < -0.3 is 5.32 Å². The number of carbonyl (C=O) groups excluding carboxylic acids is 2. The molecule has 0 aliphatic heterocycles. The van der Waals surface area contributed by atoms with Gasteiger partial charge in [-0.3, -0.25) is 20.4 Å². The Hall–Kier alpha value is -1.88. The Morgan fingerprint density at radius 1 is 1.08 bits per heavy atom. The predicted molar refractivity (Wildman–Crippen MR) is 98.6 cm³/mol. The van der Waals surface area contributed by atoms with E-state index in [2.05, 4.69) is 49.0 Å². The van der Waals surface area contributed by atoms with Gasteiger partial charge in [0.25, 0.3) is 5.91 Å². The van der Waals surface area contributed by atoms with Gasteiger partial charge in [0, 0.05) is 18.4 Å². The van der Waals surface area contributed by atoms with Crippen LogP contribution in [0.2, 0.25) is 0 Å². The Morgan fingerprint density at radius 3 is 2.28 bits per heavy atom. The van der Waals surface area contributed by atoms with Crippen LogP contribution >= 0.6 is 0 Å². The average molecular weight is 346 g/mol. The lowest BCUT2D eigenvalue weighted by Gasteiger charge is -2.23. The summed E-state index contributed by atoms with van der Waals surface area (Å²) in [5.41, 5.74) is 7.44. The van der Waals surface area contributed by atoms with E-state index in [0.29, 0.717) is 11.8 Å². The standard InChI is InChI=1S/C20H31N3O2/c1-14(2)20(21-13-19(25)23-22-15(3)24)18-11-9-17(10-12-18)16-7-5-4-6-8-16/h9-12,14,16,20-21H,4-8,13H2,1-3H3,(H,22,24)(H,23,25)/p+1/t20-/m1/s1. The number of rotatable bonds is 6. The fourth-order valence-corrected chi connectivity index (χ4v) is 3.66. The number of hydrogen-bond acceptors (Lipinski definition) is 2. The quantitative estimate of drug-likeness (QED) is 0.691. The Bertz CT molecular complexity index is 563. The van der Waals surface area contributed by atoms with Crippen LogP contribution in [-0.2, 0) is 9.59 Å². The van der Waals surface area contributed by atoms with Gasteiger partial charge in [0.1, 0.15) is 6.04 Å². The van der Waals surface area contributed by atoms with Gasteiger partial charge in [0.05, 0.1) is 0 Å². The lowest BCUT2D eigenvalue weighted by molar-refractivity contribution is -0.692. The van der Waals surface area contributed by atoms with Crippen LogP contribution in [0.4, 0.5) is 0 Å². The zero-order chi connectivity index (χ0) is 18.2. The molecule has 5 nitrogen and oxygen atoms in total. The van der Waals surface area contributed by atoms with E-state index in [0.717, 1.165) is 0 Å². The molecule has 25 heavy (non-hydrogen) atoms. The first-order chi connectivity index (χ1) is 12.0. The van der Waals surface area contributed by atoms with Crippen LogP contribution in [0.5, 0.6) is 0 Å². The number of hydrogen-bond donors (Lipinski definition) is 3. The maximum Gasteiger partial charge on any atom is 0.293 e. The van der Waals surface area contributed by atoms with Crippen molar-refractivity contribution < 1.29 is 14.9 Å². The van der Waals surface area contributed by atoms with Crippen LogP contribution in [0.25, 0.3) is 0 Å². The summed E-state index contributed by atoms with van der Waals surface area (Å²) in [5, 5.41) is 2.04. The van der Waals surface area contributed by atoms with Gasteiger partial charge in [0.15, 0.2) is 6.54 Å². The molecule has 1 aromatic rings. The largest absolute Gasteiger partial charge is 0.332 e. The second-order valence-electron chi connectivity index (χ2n) is 7.44. The Kier molecular flexibility index (Phi) is 7.44. The van der Waals surface area contributed by atoms with E-state index < -0.39 is 0 Å². The van der Waals surface area contributed by atoms with E-state index in [-0.39, 0.29) is 24.4 Å². The van der Waals surface area contributed by atoms with Crippen LogP contribution in [0, 0.1) is 5.92 Å². The molecule has 0 heterocycles. The van der Waals surface area contributed by atoms with Gasteiger partial charge in [0.2, 0.25) is 5.91 Å². The second kappa shape index (κ2) is 9.56. The van der Waals surface area contributed by atoms with Gasteiger partial charge in [-0.1, -0.05) is 57.4 Å². The van der Waals surface area contributed by atoms with Crippen molar-refractivity contribution in [2.45, 2.75) is 64.8 Å². The molecule has 1 atom stereocenters. The fraction of sp³-hybridized carbons (Fsp3) is 0.600. The van der Waals surface area contributed by atoms with Crippen LogP contribution in [0.15, 0.2) is 24.3 Å². The molecule has 0 saturated heterocycles. The smallest absolute Gasteiger partial charge is 0.293 e. The van der Waals surface area contributed by atoms with Gasteiger partial charge in [-0.2, -0.15) is 0 Å². The maximum atomic E-state index is 11.8. The second-order valence-corrected chi connectivity index (χ2v) is 7.44. The highest BCUT2D eigenvalue weighted by Crippen LogP contribution is 2.33. The Labute approximate surface area is 150 Å². The molecule has 2 rings (SSSR count). The molecular formula is C20H32N3O2+. The highest BCUT2D eigenvalue weighted by Gasteiger charge is 2.21. The molecular weight excluding hydrogens is 314 g/mol. The third kappa shape index (κ3) is 6.16. The van der Waals surface area contributed by atoms with Crippen molar-refractivity contribution in [1.82, 2.24) is 10.9 Å². The van der Waals surface area contributed by atoms with Crippen molar-refractivity contribution in [3.8, 4) is 0 Å². The molecule has 4 N–H and O–H groups in total. The summed E-state index contributed by atoms with van der Waals surface area (Å²) >= 11 is 0. The lowest BCUT2D eigenvalue weighted by atomic mass is 9.83. The van der Waals surface area contributed by atoms with Gasteiger partial charge in [-0.25, -0.2) is 0 Å². The van der Waals surface area contributed by atoms with Crippen LogP contribution in [0.1, 0.15) is 76.0 Å². The van der Waals surface area contributed by atoms with E-state index in [9.17, 15) is 9.59 Å².